The molecule has 0 spiro atoms. The topological polar surface area (TPSA) is 163 Å². The minimum Gasteiger partial charge on any atom is -0.459 e. The quantitative estimate of drug-likeness (QED) is 0.221. The zero-order chi connectivity index (χ0) is 41.2. The van der Waals surface area contributed by atoms with E-state index in [1.54, 1.807) is 41.5 Å². The van der Waals surface area contributed by atoms with Crippen molar-refractivity contribution >= 4 is 11.8 Å². The number of Topliss-reactive ketones (excluding diaryl/α,β-unsaturated/α-hetero) is 1. The fourth-order valence-corrected chi connectivity index (χ4v) is 8.68. The summed E-state index contributed by atoms with van der Waals surface area (Å²) in [6, 6.07) is -0.149. The predicted molar refractivity (Wildman–Crippen MR) is 203 cm³/mol. The average molecular weight is 772 g/mol. The monoisotopic (exact) mass is 772 g/mol. The summed E-state index contributed by atoms with van der Waals surface area (Å²) < 4.78 is 43.8. The van der Waals surface area contributed by atoms with Crippen LogP contribution in [0.1, 0.15) is 116 Å². The second kappa shape index (κ2) is 18.4. The molecule has 11 unspecified atom stereocenters. The Bertz CT molecular complexity index is 1310. The lowest BCUT2D eigenvalue weighted by Crippen LogP contribution is -2.61. The first-order valence-electron chi connectivity index (χ1n) is 19.8. The van der Waals surface area contributed by atoms with Gasteiger partial charge in [0.1, 0.15) is 18.3 Å². The Hall–Kier alpha value is -1.52. The third-order valence-corrected chi connectivity index (χ3v) is 13.0. The van der Waals surface area contributed by atoms with Crippen molar-refractivity contribution in [3.8, 4) is 0 Å². The Morgan fingerprint density at radius 3 is 2.11 bits per heavy atom. The third kappa shape index (κ3) is 9.77. The lowest BCUT2D eigenvalue weighted by molar-refractivity contribution is -0.317. The van der Waals surface area contributed by atoms with Gasteiger partial charge < -0.3 is 48.5 Å². The molecule has 0 aromatic rings. The van der Waals surface area contributed by atoms with Gasteiger partial charge >= 0.3 is 5.97 Å². The van der Waals surface area contributed by atoms with Gasteiger partial charge in [-0.3, -0.25) is 14.5 Å². The van der Waals surface area contributed by atoms with Crippen molar-refractivity contribution in [3.63, 3.8) is 0 Å². The highest BCUT2D eigenvalue weighted by atomic mass is 16.7. The standard InChI is InChI=1S/C41H73NO12/c1-17-30-41(13,49-16)34(44)25(7)24(6)22(4)19-39(11,47)36(54-38-32(43)29(18-23(5)50-38)42(14)21(2)3)26(8)33(27(9)37(46)52-30)53-31-20-40(12,48-15)35(45)28(10)51-31/h21,23,25-33,35-36,38,43,45,47H,17-20H2,1-16H3/b24-22-/t23?,25-,26?,27?,28?,29?,30?,31-,32+,33?,35-,36+,38?,39?,40?,41?/m1/s1. The maximum absolute atomic E-state index is 14.3. The van der Waals surface area contributed by atoms with E-state index in [9.17, 15) is 24.9 Å². The summed E-state index contributed by atoms with van der Waals surface area (Å²) in [6.45, 7) is 23.7. The number of esters is 1. The van der Waals surface area contributed by atoms with E-state index in [4.69, 9.17) is 33.2 Å². The van der Waals surface area contributed by atoms with Crippen LogP contribution in [0.3, 0.4) is 0 Å². The van der Waals surface area contributed by atoms with Gasteiger partial charge in [-0.15, -0.1) is 0 Å². The number of ether oxygens (including phenoxy) is 7. The molecule has 3 N–H and O–H groups in total. The Morgan fingerprint density at radius 2 is 1.57 bits per heavy atom. The molecule has 3 rings (SSSR count). The van der Waals surface area contributed by atoms with Gasteiger partial charge in [0.25, 0.3) is 0 Å². The summed E-state index contributed by atoms with van der Waals surface area (Å²) in [5, 5.41) is 35.4. The second-order valence-corrected chi connectivity index (χ2v) is 17.3. The molecule has 0 bridgehead atoms. The number of hydrogen-bond acceptors (Lipinski definition) is 13. The molecule has 3 heterocycles. The summed E-state index contributed by atoms with van der Waals surface area (Å²) in [4.78, 5) is 30.7. The van der Waals surface area contributed by atoms with Gasteiger partial charge in [-0.25, -0.2) is 0 Å². The molecule has 3 aliphatic heterocycles. The van der Waals surface area contributed by atoms with Crippen LogP contribution < -0.4 is 0 Å². The largest absolute Gasteiger partial charge is 0.459 e. The Morgan fingerprint density at radius 1 is 0.963 bits per heavy atom. The van der Waals surface area contributed by atoms with Crippen molar-refractivity contribution in [1.82, 2.24) is 4.90 Å². The van der Waals surface area contributed by atoms with Gasteiger partial charge in [-0.2, -0.15) is 0 Å². The summed E-state index contributed by atoms with van der Waals surface area (Å²) in [5.74, 6) is -3.25. The first kappa shape index (κ1) is 46.9. The SMILES string of the molecule is CCC1OC(=O)C(C)C(O[C@@H]2CC(C)(OC)[C@H](O)C(C)O2)C(C)[C@H](OC2OC(C)CC(N(C)C(C)C)[C@@H]2O)C(C)(O)C/C(C)=C(/C)[C@@H](C)C(=O)C1(C)OC. The molecule has 13 nitrogen and oxygen atoms in total. The summed E-state index contributed by atoms with van der Waals surface area (Å²) in [6.07, 6.45) is -6.91. The molecule has 0 saturated carbocycles. The zero-order valence-electron chi connectivity index (χ0n) is 35.9. The predicted octanol–water partition coefficient (Wildman–Crippen LogP) is 4.56. The molecule has 16 atom stereocenters. The summed E-state index contributed by atoms with van der Waals surface area (Å²) >= 11 is 0. The molecule has 314 valence electrons. The van der Waals surface area contributed by atoms with Crippen molar-refractivity contribution in [2.24, 2.45) is 17.8 Å². The van der Waals surface area contributed by atoms with Crippen molar-refractivity contribution in [1.29, 1.82) is 0 Å². The lowest BCUT2D eigenvalue weighted by atomic mass is 9.76. The number of nitrogens with zero attached hydrogens (tertiary/aromatic N) is 1. The number of hydrogen-bond donors (Lipinski definition) is 3. The van der Waals surface area contributed by atoms with E-state index in [1.165, 1.54) is 14.2 Å². The smallest absolute Gasteiger partial charge is 0.311 e. The molecule has 0 radical (unpaired) electrons. The van der Waals surface area contributed by atoms with E-state index in [1.807, 2.05) is 41.7 Å². The van der Waals surface area contributed by atoms with Crippen LogP contribution >= 0.6 is 0 Å². The average Bonchev–Trinajstić information content (AvgIpc) is 3.11. The van der Waals surface area contributed by atoms with Crippen LogP contribution in [0.15, 0.2) is 11.1 Å². The number of aliphatic hydroxyl groups is 3. The fraction of sp³-hybridized carbons (Fsp3) is 0.902. The normalized spacial score (nSPS) is 46.4. The van der Waals surface area contributed by atoms with Crippen LogP contribution in [0.5, 0.6) is 0 Å². The van der Waals surface area contributed by atoms with E-state index >= 15 is 0 Å². The van der Waals surface area contributed by atoms with Gasteiger partial charge in [0.05, 0.1) is 41.5 Å². The van der Waals surface area contributed by atoms with Gasteiger partial charge in [-0.1, -0.05) is 31.9 Å². The van der Waals surface area contributed by atoms with Gasteiger partial charge in [0, 0.05) is 44.6 Å². The van der Waals surface area contributed by atoms with Crippen LogP contribution in [-0.4, -0.2) is 137 Å². The maximum atomic E-state index is 14.3. The molecular formula is C41H73NO12. The molecule has 2 fully saturated rings. The molecule has 0 amide bonds. The Kier molecular flexibility index (Phi) is 16.0. The number of ketones is 1. The van der Waals surface area contributed by atoms with Gasteiger partial charge in [0.15, 0.2) is 24.0 Å². The second-order valence-electron chi connectivity index (χ2n) is 17.3. The Labute approximate surface area is 324 Å². The highest BCUT2D eigenvalue weighted by molar-refractivity contribution is 5.92. The van der Waals surface area contributed by atoms with E-state index in [2.05, 4.69) is 18.7 Å². The molecular weight excluding hydrogens is 698 g/mol. The number of cyclic esters (lactones) is 1. The molecule has 3 aliphatic rings. The Balaban J connectivity index is 2.24. The first-order chi connectivity index (χ1) is 24.9. The van der Waals surface area contributed by atoms with Crippen LogP contribution in [-0.2, 0) is 42.7 Å². The number of aliphatic hydroxyl groups excluding tert-OH is 2. The summed E-state index contributed by atoms with van der Waals surface area (Å²) in [5.41, 5.74) is -2.60. The number of rotatable bonds is 9. The van der Waals surface area contributed by atoms with Crippen molar-refractivity contribution in [2.45, 2.75) is 200 Å². The number of allylic oxidation sites excluding steroid dienone is 1. The molecule has 0 aromatic heterocycles. The zero-order valence-corrected chi connectivity index (χ0v) is 35.9. The minimum atomic E-state index is -1.64. The van der Waals surface area contributed by atoms with Gasteiger partial charge in [-0.05, 0) is 95.5 Å². The van der Waals surface area contributed by atoms with Crippen LogP contribution in [0.4, 0.5) is 0 Å². The van der Waals surface area contributed by atoms with Crippen LogP contribution in [0, 0.1) is 17.8 Å². The van der Waals surface area contributed by atoms with E-state index in [0.29, 0.717) is 12.8 Å². The molecule has 0 aliphatic carbocycles. The molecule has 2 saturated heterocycles. The highest BCUT2D eigenvalue weighted by Crippen LogP contribution is 2.41. The van der Waals surface area contributed by atoms with E-state index in [0.717, 1.165) is 11.1 Å². The number of carbonyl (C=O) groups is 2. The van der Waals surface area contributed by atoms with Crippen LogP contribution in [0.25, 0.3) is 0 Å². The number of likely N-dealkylation sites (N-methyl/N-ethyl adjacent to an activating group) is 1. The maximum Gasteiger partial charge on any atom is 0.311 e. The highest BCUT2D eigenvalue weighted by Gasteiger charge is 2.53. The number of methoxy groups -OCH3 is 2. The minimum absolute atomic E-state index is 0.0938. The first-order valence-corrected chi connectivity index (χ1v) is 19.8. The van der Waals surface area contributed by atoms with Crippen molar-refractivity contribution < 1.29 is 58.1 Å². The van der Waals surface area contributed by atoms with Crippen molar-refractivity contribution in [3.05, 3.63) is 11.1 Å². The molecule has 13 heteroatoms. The lowest BCUT2D eigenvalue weighted by Gasteiger charge is -2.49. The summed E-state index contributed by atoms with van der Waals surface area (Å²) in [7, 11) is 4.91. The number of carbonyl (C=O) groups excluding carboxylic acids is 2. The third-order valence-electron chi connectivity index (χ3n) is 13.0. The molecule has 54 heavy (non-hydrogen) atoms. The molecule has 0 aromatic carbocycles. The van der Waals surface area contributed by atoms with E-state index < -0.39 is 89.7 Å². The van der Waals surface area contributed by atoms with E-state index in [-0.39, 0.29) is 36.8 Å². The fourth-order valence-electron chi connectivity index (χ4n) is 8.68. The van der Waals surface area contributed by atoms with Crippen LogP contribution in [0.2, 0.25) is 0 Å². The van der Waals surface area contributed by atoms with Crippen molar-refractivity contribution in [2.75, 3.05) is 21.3 Å². The van der Waals surface area contributed by atoms with Gasteiger partial charge in [0.2, 0.25) is 0 Å².